The smallest absolute Gasteiger partial charge is 0.161 e. The molecule has 5 heteroatoms. The van der Waals surface area contributed by atoms with E-state index in [0.717, 1.165) is 43.9 Å². The zero-order valence-corrected chi connectivity index (χ0v) is 13.1. The Hall–Kier alpha value is -1.07. The van der Waals surface area contributed by atoms with Gasteiger partial charge in [-0.05, 0) is 39.7 Å². The molecule has 0 bridgehead atoms. The van der Waals surface area contributed by atoms with Gasteiger partial charge in [0.05, 0.1) is 24.9 Å². The second kappa shape index (κ2) is 6.59. The molecule has 1 aromatic rings. The second-order valence-electron chi connectivity index (χ2n) is 5.66. The highest BCUT2D eigenvalue weighted by Gasteiger charge is 2.40. The Morgan fingerprint density at radius 2 is 2.35 bits per heavy atom. The summed E-state index contributed by atoms with van der Waals surface area (Å²) < 4.78 is 13.7. The van der Waals surface area contributed by atoms with Gasteiger partial charge in [0.25, 0.3) is 0 Å². The summed E-state index contributed by atoms with van der Waals surface area (Å²) in [7, 11) is 3.68. The average Bonchev–Trinajstić information content (AvgIpc) is 2.84. The first-order chi connectivity index (χ1) is 9.66. The minimum Gasteiger partial charge on any atom is -0.493 e. The van der Waals surface area contributed by atoms with Gasteiger partial charge in [0.1, 0.15) is 5.69 Å². The lowest BCUT2D eigenvalue weighted by Gasteiger charge is -2.40. The number of aryl methyl sites for hydroxylation is 1. The monoisotopic (exact) mass is 281 g/mol. The third kappa shape index (κ3) is 2.83. The molecule has 20 heavy (non-hydrogen) atoms. The zero-order chi connectivity index (χ0) is 14.6. The summed E-state index contributed by atoms with van der Waals surface area (Å²) in [5.74, 6) is 0.841. The Kier molecular flexibility index (Phi) is 5.05. The predicted octanol–water partition coefficient (Wildman–Crippen LogP) is 2.52. The molecule has 2 atom stereocenters. The maximum absolute atomic E-state index is 6.12. The van der Waals surface area contributed by atoms with Crippen LogP contribution in [-0.2, 0) is 11.3 Å². The van der Waals surface area contributed by atoms with Crippen LogP contribution >= 0.6 is 0 Å². The van der Waals surface area contributed by atoms with Crippen LogP contribution in [0.15, 0.2) is 6.20 Å². The zero-order valence-electron chi connectivity index (χ0n) is 13.1. The molecule has 1 fully saturated rings. The van der Waals surface area contributed by atoms with E-state index < -0.39 is 0 Å². The first kappa shape index (κ1) is 15.3. The lowest BCUT2D eigenvalue weighted by molar-refractivity contribution is -0.0903. The number of hydrogen-bond acceptors (Lipinski definition) is 4. The quantitative estimate of drug-likeness (QED) is 0.870. The number of methoxy groups -OCH3 is 1. The van der Waals surface area contributed by atoms with Crippen LogP contribution in [0.2, 0.25) is 0 Å². The van der Waals surface area contributed by atoms with Crippen molar-refractivity contribution >= 4 is 0 Å². The fourth-order valence-electron chi connectivity index (χ4n) is 3.13. The van der Waals surface area contributed by atoms with Crippen LogP contribution in [0.3, 0.4) is 0 Å². The van der Waals surface area contributed by atoms with E-state index in [1.165, 1.54) is 6.42 Å². The normalized spacial score (nSPS) is 24.6. The minimum atomic E-state index is -0.203. The molecule has 1 N–H and O–H groups in total. The highest BCUT2D eigenvalue weighted by Crippen LogP contribution is 2.39. The van der Waals surface area contributed by atoms with Gasteiger partial charge < -0.3 is 14.8 Å². The number of aromatic nitrogens is 2. The van der Waals surface area contributed by atoms with Crippen molar-refractivity contribution < 1.29 is 9.47 Å². The second-order valence-corrected chi connectivity index (χ2v) is 5.66. The number of likely N-dealkylation sites (N-methyl/N-ethyl adjacent to an activating group) is 1. The van der Waals surface area contributed by atoms with E-state index in [-0.39, 0.29) is 11.6 Å². The first-order valence-corrected chi connectivity index (χ1v) is 7.57. The fraction of sp³-hybridized carbons (Fsp3) is 0.800. The molecule has 2 unspecified atom stereocenters. The molecule has 1 aliphatic heterocycles. The van der Waals surface area contributed by atoms with Gasteiger partial charge in [0, 0.05) is 13.2 Å². The Morgan fingerprint density at radius 3 is 2.90 bits per heavy atom. The Bertz CT molecular complexity index is 425. The topological polar surface area (TPSA) is 48.3 Å². The molecule has 0 radical (unpaired) electrons. The van der Waals surface area contributed by atoms with E-state index in [1.54, 1.807) is 7.11 Å². The summed E-state index contributed by atoms with van der Waals surface area (Å²) in [5, 5.41) is 7.89. The molecule has 1 saturated heterocycles. The van der Waals surface area contributed by atoms with Crippen LogP contribution in [0.25, 0.3) is 0 Å². The lowest BCUT2D eigenvalue weighted by Crippen LogP contribution is -2.45. The van der Waals surface area contributed by atoms with E-state index in [2.05, 4.69) is 24.3 Å². The molecule has 0 spiro atoms. The molecule has 2 rings (SSSR count). The van der Waals surface area contributed by atoms with Crippen molar-refractivity contribution in [1.82, 2.24) is 15.1 Å². The number of hydrogen-bond donors (Lipinski definition) is 1. The van der Waals surface area contributed by atoms with E-state index in [4.69, 9.17) is 9.47 Å². The van der Waals surface area contributed by atoms with Crippen LogP contribution in [0.4, 0.5) is 0 Å². The maximum atomic E-state index is 6.12. The van der Waals surface area contributed by atoms with Crippen LogP contribution in [0, 0.1) is 0 Å². The lowest BCUT2D eigenvalue weighted by atomic mass is 9.86. The Labute approximate surface area is 121 Å². The van der Waals surface area contributed by atoms with Gasteiger partial charge in [0.2, 0.25) is 0 Å². The summed E-state index contributed by atoms with van der Waals surface area (Å²) in [4.78, 5) is 0. The van der Waals surface area contributed by atoms with E-state index in [9.17, 15) is 0 Å². The van der Waals surface area contributed by atoms with Gasteiger partial charge in [0.15, 0.2) is 5.75 Å². The van der Waals surface area contributed by atoms with Gasteiger partial charge in [-0.2, -0.15) is 5.10 Å². The third-order valence-corrected chi connectivity index (χ3v) is 4.17. The van der Waals surface area contributed by atoms with Crippen molar-refractivity contribution in [1.29, 1.82) is 0 Å². The van der Waals surface area contributed by atoms with E-state index >= 15 is 0 Å². The van der Waals surface area contributed by atoms with Gasteiger partial charge in [-0.1, -0.05) is 6.92 Å². The summed E-state index contributed by atoms with van der Waals surface area (Å²) in [6.45, 7) is 6.08. The van der Waals surface area contributed by atoms with E-state index in [1.807, 2.05) is 17.9 Å². The van der Waals surface area contributed by atoms with Crippen molar-refractivity contribution in [3.8, 4) is 5.75 Å². The Balaban J connectivity index is 2.36. The molecule has 1 aromatic heterocycles. The molecule has 2 heterocycles. The summed E-state index contributed by atoms with van der Waals surface area (Å²) in [5.41, 5.74) is 0.896. The molecule has 0 amide bonds. The third-order valence-electron chi connectivity index (χ3n) is 4.17. The van der Waals surface area contributed by atoms with Crippen molar-refractivity contribution in [2.75, 3.05) is 20.8 Å². The highest BCUT2D eigenvalue weighted by molar-refractivity contribution is 5.30. The summed E-state index contributed by atoms with van der Waals surface area (Å²) >= 11 is 0. The van der Waals surface area contributed by atoms with Crippen molar-refractivity contribution in [3.63, 3.8) is 0 Å². The number of rotatable bonds is 6. The molecule has 0 aliphatic carbocycles. The molecular formula is C15H27N3O2. The van der Waals surface area contributed by atoms with Gasteiger partial charge >= 0.3 is 0 Å². The van der Waals surface area contributed by atoms with Crippen molar-refractivity contribution in [2.24, 2.45) is 0 Å². The highest BCUT2D eigenvalue weighted by atomic mass is 16.5. The SMILES string of the molecule is CCCn1ncc(OC)c1C(NC)C1(C)CCCCO1. The summed E-state index contributed by atoms with van der Waals surface area (Å²) in [6.07, 6.45) is 6.27. The van der Waals surface area contributed by atoms with Crippen LogP contribution in [0.5, 0.6) is 5.75 Å². The molecular weight excluding hydrogens is 254 g/mol. The van der Waals surface area contributed by atoms with E-state index in [0.29, 0.717) is 0 Å². The van der Waals surface area contributed by atoms with Crippen LogP contribution < -0.4 is 10.1 Å². The number of ether oxygens (including phenoxy) is 2. The fourth-order valence-corrected chi connectivity index (χ4v) is 3.13. The van der Waals surface area contributed by atoms with Gasteiger partial charge in [-0.3, -0.25) is 4.68 Å². The molecule has 0 aromatic carbocycles. The molecule has 5 nitrogen and oxygen atoms in total. The number of nitrogens with one attached hydrogen (secondary N) is 1. The molecule has 114 valence electrons. The van der Waals surface area contributed by atoms with Gasteiger partial charge in [-0.25, -0.2) is 0 Å². The molecule has 1 aliphatic rings. The Morgan fingerprint density at radius 1 is 1.55 bits per heavy atom. The number of nitrogens with zero attached hydrogens (tertiary/aromatic N) is 2. The first-order valence-electron chi connectivity index (χ1n) is 7.57. The van der Waals surface area contributed by atoms with Crippen molar-refractivity contribution in [3.05, 3.63) is 11.9 Å². The van der Waals surface area contributed by atoms with Gasteiger partial charge in [-0.15, -0.1) is 0 Å². The maximum Gasteiger partial charge on any atom is 0.161 e. The standard InChI is InChI=1S/C15H27N3O2/c1-5-9-18-13(12(19-4)11-17-18)14(16-3)15(2)8-6-7-10-20-15/h11,14,16H,5-10H2,1-4H3. The molecule has 0 saturated carbocycles. The minimum absolute atomic E-state index is 0.0896. The average molecular weight is 281 g/mol. The summed E-state index contributed by atoms with van der Waals surface area (Å²) in [6, 6.07) is 0.0896. The van der Waals surface area contributed by atoms with Crippen molar-refractivity contribution in [2.45, 2.75) is 57.7 Å². The van der Waals surface area contributed by atoms with Crippen LogP contribution in [0.1, 0.15) is 51.3 Å². The largest absolute Gasteiger partial charge is 0.493 e. The predicted molar refractivity (Wildman–Crippen MR) is 79.1 cm³/mol. The van der Waals surface area contributed by atoms with Crippen LogP contribution in [-0.4, -0.2) is 36.1 Å².